The fourth-order valence-electron chi connectivity index (χ4n) is 4.89. The predicted octanol–water partition coefficient (Wildman–Crippen LogP) is 6.85. The Bertz CT molecular complexity index is 648. The topological polar surface area (TPSA) is 18.5 Å². The summed E-state index contributed by atoms with van der Waals surface area (Å²) in [5.74, 6) is -0.593. The van der Waals surface area contributed by atoms with Crippen molar-refractivity contribution in [3.8, 4) is 0 Å². The van der Waals surface area contributed by atoms with Crippen molar-refractivity contribution in [1.82, 2.24) is 0 Å². The molecule has 0 atom stereocenters. The van der Waals surface area contributed by atoms with Crippen LogP contribution in [0.3, 0.4) is 0 Å². The molecular formula is C24H35F3O2. The minimum Gasteiger partial charge on any atom is -0.349 e. The molecule has 0 spiro atoms. The van der Waals surface area contributed by atoms with E-state index < -0.39 is 23.6 Å². The fraction of sp³-hybridized carbons (Fsp3) is 0.750. The van der Waals surface area contributed by atoms with Crippen LogP contribution >= 0.6 is 0 Å². The van der Waals surface area contributed by atoms with Crippen LogP contribution in [0.1, 0.15) is 88.7 Å². The van der Waals surface area contributed by atoms with Gasteiger partial charge in [-0.25, -0.2) is 13.2 Å². The predicted molar refractivity (Wildman–Crippen MR) is 109 cm³/mol. The van der Waals surface area contributed by atoms with E-state index >= 15 is 0 Å². The SMILES string of the molecule is CCCC1CCC(c2ccc(CCC3OCC(F)(CCC)CO3)c(F)c2F)CC1. The summed E-state index contributed by atoms with van der Waals surface area (Å²) >= 11 is 0. The molecule has 29 heavy (non-hydrogen) atoms. The number of alkyl halides is 1. The normalized spacial score (nSPS) is 30.4. The van der Waals surface area contributed by atoms with E-state index in [1.807, 2.05) is 6.92 Å². The molecule has 1 saturated carbocycles. The van der Waals surface area contributed by atoms with Crippen LogP contribution in [0.2, 0.25) is 0 Å². The van der Waals surface area contributed by atoms with Crippen molar-refractivity contribution in [2.75, 3.05) is 13.2 Å². The molecule has 0 N–H and O–H groups in total. The van der Waals surface area contributed by atoms with Gasteiger partial charge in [-0.15, -0.1) is 0 Å². The Morgan fingerprint density at radius 1 is 0.931 bits per heavy atom. The molecule has 2 nitrogen and oxygen atoms in total. The molecular weight excluding hydrogens is 377 g/mol. The van der Waals surface area contributed by atoms with Crippen LogP contribution in [0.15, 0.2) is 12.1 Å². The van der Waals surface area contributed by atoms with Gasteiger partial charge in [0.05, 0.1) is 13.2 Å². The summed E-state index contributed by atoms with van der Waals surface area (Å²) in [6, 6.07) is 3.46. The lowest BCUT2D eigenvalue weighted by molar-refractivity contribution is -0.236. The van der Waals surface area contributed by atoms with Crippen LogP contribution < -0.4 is 0 Å². The van der Waals surface area contributed by atoms with Crippen LogP contribution in [0.5, 0.6) is 0 Å². The lowest BCUT2D eigenvalue weighted by atomic mass is 9.77. The molecule has 1 aromatic carbocycles. The van der Waals surface area contributed by atoms with Crippen LogP contribution in [0, 0.1) is 17.6 Å². The van der Waals surface area contributed by atoms with Gasteiger partial charge < -0.3 is 9.47 Å². The number of aryl methyl sites for hydroxylation is 1. The number of hydrogen-bond acceptors (Lipinski definition) is 2. The van der Waals surface area contributed by atoms with Gasteiger partial charge in [0.25, 0.3) is 0 Å². The van der Waals surface area contributed by atoms with Crippen molar-refractivity contribution in [1.29, 1.82) is 0 Å². The second-order valence-corrected chi connectivity index (χ2v) is 8.94. The average molecular weight is 413 g/mol. The van der Waals surface area contributed by atoms with E-state index in [4.69, 9.17) is 9.47 Å². The van der Waals surface area contributed by atoms with Crippen molar-refractivity contribution < 1.29 is 22.6 Å². The van der Waals surface area contributed by atoms with Gasteiger partial charge in [-0.3, -0.25) is 0 Å². The Morgan fingerprint density at radius 2 is 1.62 bits per heavy atom. The number of halogens is 3. The van der Waals surface area contributed by atoms with E-state index in [1.165, 1.54) is 12.8 Å². The van der Waals surface area contributed by atoms with Crippen molar-refractivity contribution in [3.05, 3.63) is 34.9 Å². The number of rotatable bonds is 8. The molecule has 1 aromatic rings. The highest BCUT2D eigenvalue weighted by molar-refractivity contribution is 5.29. The number of benzene rings is 1. The van der Waals surface area contributed by atoms with Gasteiger partial charge in [0.2, 0.25) is 0 Å². The molecule has 0 aromatic heterocycles. The summed E-state index contributed by atoms with van der Waals surface area (Å²) in [4.78, 5) is 0. The highest BCUT2D eigenvalue weighted by Gasteiger charge is 2.36. The van der Waals surface area contributed by atoms with Crippen molar-refractivity contribution in [3.63, 3.8) is 0 Å². The van der Waals surface area contributed by atoms with E-state index in [0.717, 1.165) is 38.0 Å². The van der Waals surface area contributed by atoms with Crippen molar-refractivity contribution >= 4 is 0 Å². The largest absolute Gasteiger partial charge is 0.349 e. The van der Waals surface area contributed by atoms with Gasteiger partial charge in [-0.2, -0.15) is 0 Å². The van der Waals surface area contributed by atoms with E-state index in [0.29, 0.717) is 30.4 Å². The molecule has 0 bridgehead atoms. The first-order valence-electron chi connectivity index (χ1n) is 11.3. The lowest BCUT2D eigenvalue weighted by Gasteiger charge is -2.34. The molecule has 0 radical (unpaired) electrons. The van der Waals surface area contributed by atoms with E-state index in [9.17, 15) is 13.2 Å². The Labute approximate surface area is 173 Å². The van der Waals surface area contributed by atoms with E-state index in [2.05, 4.69) is 6.92 Å². The molecule has 0 amide bonds. The minimum absolute atomic E-state index is 0.00198. The third kappa shape index (κ3) is 5.75. The quantitative estimate of drug-likeness (QED) is 0.465. The van der Waals surface area contributed by atoms with Crippen LogP contribution in [-0.2, 0) is 15.9 Å². The molecule has 2 aliphatic rings. The molecule has 164 valence electrons. The summed E-state index contributed by atoms with van der Waals surface area (Å²) in [5.41, 5.74) is -0.572. The smallest absolute Gasteiger partial charge is 0.162 e. The first kappa shape index (κ1) is 22.6. The summed E-state index contributed by atoms with van der Waals surface area (Å²) in [7, 11) is 0. The first-order chi connectivity index (χ1) is 14.0. The van der Waals surface area contributed by atoms with Crippen molar-refractivity contribution in [2.45, 2.75) is 95.9 Å². The van der Waals surface area contributed by atoms with Gasteiger partial charge >= 0.3 is 0 Å². The van der Waals surface area contributed by atoms with Gasteiger partial charge in [0.15, 0.2) is 23.6 Å². The average Bonchev–Trinajstić information content (AvgIpc) is 2.72. The Kier molecular flexibility index (Phi) is 8.03. The summed E-state index contributed by atoms with van der Waals surface area (Å²) in [5, 5.41) is 0. The summed E-state index contributed by atoms with van der Waals surface area (Å²) in [6.07, 6.45) is 7.77. The zero-order valence-corrected chi connectivity index (χ0v) is 17.8. The standard InChI is InChI=1S/C24H35F3O2/c1-3-5-17-6-8-18(9-7-17)20-12-10-19(22(25)23(20)26)11-13-21-28-15-24(27,14-4-2)16-29-21/h10,12,17-18,21H,3-9,11,13-16H2,1-2H3. The van der Waals surface area contributed by atoms with E-state index in [-0.39, 0.29) is 19.1 Å². The Hall–Kier alpha value is -1.07. The van der Waals surface area contributed by atoms with Crippen LogP contribution in [0.25, 0.3) is 0 Å². The molecule has 1 aliphatic heterocycles. The van der Waals surface area contributed by atoms with Gasteiger partial charge in [-0.1, -0.05) is 45.2 Å². The van der Waals surface area contributed by atoms with Crippen LogP contribution in [-0.4, -0.2) is 25.2 Å². The number of ether oxygens (including phenoxy) is 2. The first-order valence-corrected chi connectivity index (χ1v) is 11.3. The number of hydrogen-bond donors (Lipinski definition) is 0. The Morgan fingerprint density at radius 3 is 2.24 bits per heavy atom. The minimum atomic E-state index is -1.43. The molecule has 3 rings (SSSR count). The fourth-order valence-corrected chi connectivity index (χ4v) is 4.89. The zero-order chi connectivity index (χ0) is 20.9. The van der Waals surface area contributed by atoms with Crippen LogP contribution in [0.4, 0.5) is 13.2 Å². The zero-order valence-electron chi connectivity index (χ0n) is 17.8. The monoisotopic (exact) mass is 412 g/mol. The highest BCUT2D eigenvalue weighted by Crippen LogP contribution is 2.39. The second-order valence-electron chi connectivity index (χ2n) is 8.94. The third-order valence-corrected chi connectivity index (χ3v) is 6.58. The Balaban J connectivity index is 1.54. The lowest BCUT2D eigenvalue weighted by Crippen LogP contribution is -2.44. The molecule has 1 aliphatic carbocycles. The molecule has 1 saturated heterocycles. The van der Waals surface area contributed by atoms with Gasteiger partial charge in [0, 0.05) is 6.42 Å². The van der Waals surface area contributed by atoms with Crippen molar-refractivity contribution in [2.24, 2.45) is 5.92 Å². The van der Waals surface area contributed by atoms with Gasteiger partial charge in [0.1, 0.15) is 0 Å². The molecule has 5 heteroatoms. The summed E-state index contributed by atoms with van der Waals surface area (Å²) < 4.78 is 54.7. The maximum absolute atomic E-state index is 14.8. The maximum atomic E-state index is 14.8. The highest BCUT2D eigenvalue weighted by atomic mass is 19.2. The second kappa shape index (κ2) is 10.3. The molecule has 0 unspecified atom stereocenters. The third-order valence-electron chi connectivity index (χ3n) is 6.58. The molecule has 1 heterocycles. The van der Waals surface area contributed by atoms with Gasteiger partial charge in [-0.05, 0) is 61.5 Å². The summed E-state index contributed by atoms with van der Waals surface area (Å²) in [6.45, 7) is 4.12. The maximum Gasteiger partial charge on any atom is 0.162 e. The van der Waals surface area contributed by atoms with E-state index in [1.54, 1.807) is 12.1 Å². The molecule has 2 fully saturated rings.